The minimum atomic E-state index is -0.807. The van der Waals surface area contributed by atoms with Crippen LogP contribution in [0.25, 0.3) is 0 Å². The smallest absolute Gasteiger partial charge is 0.310 e. The van der Waals surface area contributed by atoms with E-state index in [4.69, 9.17) is 4.74 Å². The lowest BCUT2D eigenvalue weighted by Crippen LogP contribution is -2.30. The average molecular weight is 343 g/mol. The maximum atomic E-state index is 11.4. The van der Waals surface area contributed by atoms with Gasteiger partial charge in [0.1, 0.15) is 5.75 Å². The number of halogens is 1. The van der Waals surface area contributed by atoms with E-state index in [0.29, 0.717) is 0 Å². The molecular weight excluding hydrogens is 324 g/mol. The number of ether oxygens (including phenoxy) is 1. The molecule has 0 amide bonds. The third-order valence-corrected chi connectivity index (χ3v) is 3.95. The van der Waals surface area contributed by atoms with Gasteiger partial charge in [-0.3, -0.25) is 10.2 Å². The fourth-order valence-corrected chi connectivity index (χ4v) is 2.89. The van der Waals surface area contributed by atoms with Crippen molar-refractivity contribution in [2.45, 2.75) is 39.0 Å². The summed E-state index contributed by atoms with van der Waals surface area (Å²) in [6.45, 7) is 5.78. The normalized spacial score (nSPS) is 25.9. The van der Waals surface area contributed by atoms with Gasteiger partial charge in [0.2, 0.25) is 0 Å². The van der Waals surface area contributed by atoms with E-state index < -0.39 is 11.9 Å². The lowest BCUT2D eigenvalue weighted by atomic mass is 9.90. The summed E-state index contributed by atoms with van der Waals surface area (Å²) in [7, 11) is 0. The zero-order valence-corrected chi connectivity index (χ0v) is 13.3. The van der Waals surface area contributed by atoms with Gasteiger partial charge in [-0.15, -0.1) is 0 Å². The Balaban J connectivity index is 2.25. The van der Waals surface area contributed by atoms with Gasteiger partial charge in [0.25, 0.3) is 0 Å². The number of nitrogens with one attached hydrogen (secondary N) is 2. The first-order valence-corrected chi connectivity index (χ1v) is 7.39. The Kier molecular flexibility index (Phi) is 4.67. The van der Waals surface area contributed by atoms with Crippen LogP contribution < -0.4 is 15.6 Å². The van der Waals surface area contributed by atoms with Gasteiger partial charge in [-0.05, 0) is 54.4 Å². The first kappa shape index (κ1) is 15.3. The van der Waals surface area contributed by atoms with Gasteiger partial charge in [0, 0.05) is 6.04 Å². The number of carboxylic acid groups (broad SMARTS) is 1. The van der Waals surface area contributed by atoms with E-state index in [9.17, 15) is 9.90 Å². The summed E-state index contributed by atoms with van der Waals surface area (Å²) in [4.78, 5) is 11.4. The predicted molar refractivity (Wildman–Crippen MR) is 79.5 cm³/mol. The molecule has 1 aliphatic rings. The SMILES string of the molecule is CC(C)Oc1ccc(C2NNC(C)C2C(=O)O)cc1Br. The Bertz CT molecular complexity index is 507. The standard InChI is InChI=1S/C14H19BrN2O3/c1-7(2)20-11-5-4-9(6-10(11)15)13-12(14(18)19)8(3)16-17-13/h4-8,12-13,16-17H,1-3H3,(H,18,19). The third-order valence-electron chi connectivity index (χ3n) is 3.33. The molecule has 1 aliphatic heterocycles. The zero-order chi connectivity index (χ0) is 14.9. The van der Waals surface area contributed by atoms with Crippen LogP contribution in [0.2, 0.25) is 0 Å². The molecular formula is C14H19BrN2O3. The van der Waals surface area contributed by atoms with Crippen LogP contribution in [-0.4, -0.2) is 23.2 Å². The Labute approximate surface area is 126 Å². The first-order chi connectivity index (χ1) is 9.40. The van der Waals surface area contributed by atoms with Gasteiger partial charge in [0.15, 0.2) is 0 Å². The molecule has 0 bridgehead atoms. The van der Waals surface area contributed by atoms with Crippen molar-refractivity contribution in [3.63, 3.8) is 0 Å². The summed E-state index contributed by atoms with van der Waals surface area (Å²) in [6.07, 6.45) is 0.0928. The quantitative estimate of drug-likeness (QED) is 0.784. The van der Waals surface area contributed by atoms with E-state index in [1.807, 2.05) is 39.0 Å². The van der Waals surface area contributed by atoms with Crippen molar-refractivity contribution in [2.24, 2.45) is 5.92 Å². The van der Waals surface area contributed by atoms with Crippen LogP contribution in [0.15, 0.2) is 22.7 Å². The molecule has 110 valence electrons. The maximum absolute atomic E-state index is 11.4. The van der Waals surface area contributed by atoms with Crippen molar-refractivity contribution in [1.29, 1.82) is 0 Å². The highest BCUT2D eigenvalue weighted by Crippen LogP contribution is 2.34. The monoisotopic (exact) mass is 342 g/mol. The molecule has 3 atom stereocenters. The highest BCUT2D eigenvalue weighted by atomic mass is 79.9. The molecule has 0 aromatic heterocycles. The molecule has 0 spiro atoms. The first-order valence-electron chi connectivity index (χ1n) is 6.60. The topological polar surface area (TPSA) is 70.6 Å². The molecule has 6 heteroatoms. The number of aliphatic carboxylic acids is 1. The molecule has 1 fully saturated rings. The fourth-order valence-electron chi connectivity index (χ4n) is 2.40. The predicted octanol–water partition coefficient (Wildman–Crippen LogP) is 2.47. The van der Waals surface area contributed by atoms with Crippen molar-refractivity contribution in [3.8, 4) is 5.75 Å². The molecule has 1 aromatic rings. The molecule has 0 radical (unpaired) electrons. The van der Waals surface area contributed by atoms with E-state index in [1.165, 1.54) is 0 Å². The second-order valence-electron chi connectivity index (χ2n) is 5.28. The number of hydrogen-bond acceptors (Lipinski definition) is 4. The summed E-state index contributed by atoms with van der Waals surface area (Å²) in [6, 6.07) is 5.29. The lowest BCUT2D eigenvalue weighted by Gasteiger charge is -2.19. The van der Waals surface area contributed by atoms with Crippen molar-refractivity contribution in [3.05, 3.63) is 28.2 Å². The Morgan fingerprint density at radius 1 is 1.40 bits per heavy atom. The number of carboxylic acids is 1. The summed E-state index contributed by atoms with van der Waals surface area (Å²) in [5.41, 5.74) is 6.95. The highest BCUT2D eigenvalue weighted by Gasteiger charge is 2.39. The van der Waals surface area contributed by atoms with E-state index in [-0.39, 0.29) is 18.2 Å². The summed E-state index contributed by atoms with van der Waals surface area (Å²) >= 11 is 3.47. The highest BCUT2D eigenvalue weighted by molar-refractivity contribution is 9.10. The fraction of sp³-hybridized carbons (Fsp3) is 0.500. The maximum Gasteiger partial charge on any atom is 0.310 e. The largest absolute Gasteiger partial charge is 0.490 e. The molecule has 3 N–H and O–H groups in total. The lowest BCUT2D eigenvalue weighted by molar-refractivity contribution is -0.142. The Morgan fingerprint density at radius 3 is 2.65 bits per heavy atom. The molecule has 3 unspecified atom stereocenters. The van der Waals surface area contributed by atoms with Crippen molar-refractivity contribution in [2.75, 3.05) is 0 Å². The van der Waals surface area contributed by atoms with Gasteiger partial charge in [-0.1, -0.05) is 6.07 Å². The van der Waals surface area contributed by atoms with Crippen LogP contribution in [-0.2, 0) is 4.79 Å². The van der Waals surface area contributed by atoms with Gasteiger partial charge in [-0.25, -0.2) is 5.43 Å². The third kappa shape index (κ3) is 3.13. The summed E-state index contributed by atoms with van der Waals surface area (Å²) in [5.74, 6) is -0.549. The summed E-state index contributed by atoms with van der Waals surface area (Å²) < 4.78 is 6.49. The second-order valence-corrected chi connectivity index (χ2v) is 6.13. The number of carbonyl (C=O) groups is 1. The van der Waals surface area contributed by atoms with Crippen molar-refractivity contribution >= 4 is 21.9 Å². The zero-order valence-electron chi connectivity index (χ0n) is 11.7. The van der Waals surface area contributed by atoms with Gasteiger partial charge in [0.05, 0.1) is 22.5 Å². The molecule has 2 rings (SSSR count). The van der Waals surface area contributed by atoms with Crippen LogP contribution in [0.5, 0.6) is 5.75 Å². The van der Waals surface area contributed by atoms with Crippen molar-refractivity contribution in [1.82, 2.24) is 10.9 Å². The number of hydrogen-bond donors (Lipinski definition) is 3. The van der Waals surface area contributed by atoms with Gasteiger partial charge >= 0.3 is 5.97 Å². The molecule has 5 nitrogen and oxygen atoms in total. The molecule has 20 heavy (non-hydrogen) atoms. The molecule has 0 aliphatic carbocycles. The Morgan fingerprint density at radius 2 is 2.10 bits per heavy atom. The number of benzene rings is 1. The second kappa shape index (κ2) is 6.11. The van der Waals surface area contributed by atoms with E-state index >= 15 is 0 Å². The molecule has 1 heterocycles. The minimum Gasteiger partial charge on any atom is -0.490 e. The van der Waals surface area contributed by atoms with Crippen LogP contribution in [0.4, 0.5) is 0 Å². The van der Waals surface area contributed by atoms with Crippen LogP contribution in [0, 0.1) is 5.92 Å². The minimum absolute atomic E-state index is 0.0928. The van der Waals surface area contributed by atoms with E-state index in [0.717, 1.165) is 15.8 Å². The number of hydrazine groups is 1. The molecule has 1 aromatic carbocycles. The molecule has 1 saturated heterocycles. The van der Waals surface area contributed by atoms with Crippen molar-refractivity contribution < 1.29 is 14.6 Å². The van der Waals surface area contributed by atoms with E-state index in [1.54, 1.807) is 0 Å². The molecule has 0 saturated carbocycles. The Hall–Kier alpha value is -1.11. The summed E-state index contributed by atoms with van der Waals surface area (Å²) in [5, 5.41) is 9.34. The average Bonchev–Trinajstić information content (AvgIpc) is 2.73. The van der Waals surface area contributed by atoms with Crippen LogP contribution in [0.1, 0.15) is 32.4 Å². The van der Waals surface area contributed by atoms with Crippen LogP contribution in [0.3, 0.4) is 0 Å². The van der Waals surface area contributed by atoms with Gasteiger partial charge < -0.3 is 9.84 Å². The van der Waals surface area contributed by atoms with E-state index in [2.05, 4.69) is 26.8 Å². The number of rotatable bonds is 4. The van der Waals surface area contributed by atoms with Crippen LogP contribution >= 0.6 is 15.9 Å². The van der Waals surface area contributed by atoms with Gasteiger partial charge in [-0.2, -0.15) is 0 Å².